The van der Waals surface area contributed by atoms with Crippen LogP contribution in [0.5, 0.6) is 5.75 Å². The van der Waals surface area contributed by atoms with Gasteiger partial charge in [-0.2, -0.15) is 0 Å². The van der Waals surface area contributed by atoms with Crippen LogP contribution in [-0.4, -0.2) is 17.9 Å². The molecule has 0 spiro atoms. The molecule has 0 bridgehead atoms. The van der Waals surface area contributed by atoms with Crippen molar-refractivity contribution in [2.75, 3.05) is 12.8 Å². The van der Waals surface area contributed by atoms with Crippen LogP contribution < -0.4 is 10.5 Å². The zero-order valence-corrected chi connectivity index (χ0v) is 18.2. The maximum absolute atomic E-state index is 12.2. The Morgan fingerprint density at radius 3 is 2.63 bits per heavy atom. The zero-order chi connectivity index (χ0) is 21.0. The fraction of sp³-hybridized carbons (Fsp3) is 0.167. The third kappa shape index (κ3) is 2.89. The number of hydrogen-bond acceptors (Lipinski definition) is 5. The van der Waals surface area contributed by atoms with Crippen molar-refractivity contribution < 1.29 is 9.53 Å². The number of benzene rings is 2. The number of fused-ring (bicyclic) bond motifs is 4. The normalized spacial score (nSPS) is 12.5. The highest BCUT2D eigenvalue weighted by molar-refractivity contribution is 7.21. The summed E-state index contributed by atoms with van der Waals surface area (Å²) in [5.74, 6) is 0.802. The third-order valence-corrected chi connectivity index (χ3v) is 7.09. The largest absolute Gasteiger partial charge is 0.497 e. The highest BCUT2D eigenvalue weighted by atomic mass is 35.5. The van der Waals surface area contributed by atoms with E-state index in [1.807, 2.05) is 30.3 Å². The molecule has 2 aromatic heterocycles. The molecule has 30 heavy (non-hydrogen) atoms. The Labute approximate surface area is 183 Å². The van der Waals surface area contributed by atoms with Crippen LogP contribution in [0.3, 0.4) is 0 Å². The van der Waals surface area contributed by atoms with Gasteiger partial charge in [0.05, 0.1) is 23.4 Å². The van der Waals surface area contributed by atoms with Gasteiger partial charge in [0, 0.05) is 22.9 Å². The quantitative estimate of drug-likeness (QED) is 0.391. The number of ether oxygens (including phenoxy) is 1. The van der Waals surface area contributed by atoms with Crippen molar-refractivity contribution in [1.82, 2.24) is 4.98 Å². The number of carbonyl (C=O) groups excluding carboxylic acids is 1. The SMILES string of the molecule is COc1ccc2c(c1)CCc1c-2nc2sc(C(C)=O)c(N)c2c1-c1ccc(Cl)cc1. The topological polar surface area (TPSA) is 65.2 Å². The van der Waals surface area contributed by atoms with Gasteiger partial charge in [-0.3, -0.25) is 4.79 Å². The standard InChI is InChI=1S/C24H19ClN2O2S/c1-12(28)23-21(26)20-19(13-3-6-15(25)7-4-13)18-9-5-14-11-16(29-2)8-10-17(14)22(18)27-24(20)30-23/h3-4,6-8,10-11H,5,9,26H2,1-2H3. The van der Waals surface area contributed by atoms with Gasteiger partial charge in [0.25, 0.3) is 0 Å². The molecule has 0 atom stereocenters. The Kier molecular flexibility index (Phi) is 4.53. The Bertz CT molecular complexity index is 1330. The van der Waals surface area contributed by atoms with Gasteiger partial charge in [-0.05, 0) is 65.4 Å². The van der Waals surface area contributed by atoms with Crippen molar-refractivity contribution in [3.05, 3.63) is 63.5 Å². The number of methoxy groups -OCH3 is 1. The molecule has 2 aromatic carbocycles. The fourth-order valence-electron chi connectivity index (χ4n) is 4.25. The molecule has 0 aliphatic heterocycles. The number of nitrogen functional groups attached to an aromatic ring is 1. The van der Waals surface area contributed by atoms with Crippen LogP contribution in [-0.2, 0) is 12.8 Å². The lowest BCUT2D eigenvalue weighted by molar-refractivity contribution is 0.102. The minimum atomic E-state index is -0.0411. The van der Waals surface area contributed by atoms with Gasteiger partial charge in [0.1, 0.15) is 10.6 Å². The van der Waals surface area contributed by atoms with Gasteiger partial charge < -0.3 is 10.5 Å². The van der Waals surface area contributed by atoms with Crippen molar-refractivity contribution in [3.63, 3.8) is 0 Å². The molecule has 2 N–H and O–H groups in total. The number of hydrogen-bond donors (Lipinski definition) is 1. The van der Waals surface area contributed by atoms with E-state index in [2.05, 4.69) is 12.1 Å². The number of pyridine rings is 1. The van der Waals surface area contributed by atoms with E-state index in [-0.39, 0.29) is 5.78 Å². The number of nitrogens with zero attached hydrogens (tertiary/aromatic N) is 1. The van der Waals surface area contributed by atoms with Crippen LogP contribution in [0, 0.1) is 0 Å². The van der Waals surface area contributed by atoms with Crippen LogP contribution in [0.2, 0.25) is 5.02 Å². The lowest BCUT2D eigenvalue weighted by atomic mass is 9.83. The number of halogens is 1. The smallest absolute Gasteiger partial charge is 0.171 e. The monoisotopic (exact) mass is 434 g/mol. The maximum atomic E-state index is 12.2. The summed E-state index contributed by atoms with van der Waals surface area (Å²) in [6.07, 6.45) is 1.72. The molecule has 0 amide bonds. The predicted molar refractivity (Wildman–Crippen MR) is 124 cm³/mol. The second kappa shape index (κ2) is 7.11. The number of aryl methyl sites for hydroxylation is 1. The van der Waals surface area contributed by atoms with Gasteiger partial charge >= 0.3 is 0 Å². The van der Waals surface area contributed by atoms with E-state index < -0.39 is 0 Å². The molecule has 4 aromatic rings. The van der Waals surface area contributed by atoms with Crippen LogP contribution in [0.4, 0.5) is 5.69 Å². The lowest BCUT2D eigenvalue weighted by Gasteiger charge is -2.23. The van der Waals surface area contributed by atoms with E-state index in [1.54, 1.807) is 14.0 Å². The van der Waals surface area contributed by atoms with Crippen molar-refractivity contribution in [2.24, 2.45) is 0 Å². The second-order valence-electron chi connectivity index (χ2n) is 7.43. The Hall–Kier alpha value is -2.89. The first-order chi connectivity index (χ1) is 14.5. The van der Waals surface area contributed by atoms with E-state index in [0.29, 0.717) is 15.6 Å². The number of rotatable bonds is 3. The molecule has 0 unspecified atom stereocenters. The van der Waals surface area contributed by atoms with Crippen molar-refractivity contribution in [3.8, 4) is 28.1 Å². The summed E-state index contributed by atoms with van der Waals surface area (Å²) >= 11 is 7.50. The summed E-state index contributed by atoms with van der Waals surface area (Å²) < 4.78 is 5.40. The summed E-state index contributed by atoms with van der Waals surface area (Å²) in [6, 6.07) is 13.9. The average Bonchev–Trinajstić information content (AvgIpc) is 3.09. The van der Waals surface area contributed by atoms with Crippen LogP contribution in [0.15, 0.2) is 42.5 Å². The van der Waals surface area contributed by atoms with Crippen molar-refractivity contribution >= 4 is 44.6 Å². The van der Waals surface area contributed by atoms with Crippen LogP contribution in [0.25, 0.3) is 32.6 Å². The Balaban J connectivity index is 1.88. The van der Waals surface area contributed by atoms with Crippen molar-refractivity contribution in [1.29, 1.82) is 0 Å². The fourth-order valence-corrected chi connectivity index (χ4v) is 5.37. The molecule has 4 nitrogen and oxygen atoms in total. The summed E-state index contributed by atoms with van der Waals surface area (Å²) in [7, 11) is 1.68. The molecule has 5 rings (SSSR count). The number of nitrogens with two attached hydrogens (primary N) is 1. The van der Waals surface area contributed by atoms with Crippen molar-refractivity contribution in [2.45, 2.75) is 19.8 Å². The molecule has 0 saturated carbocycles. The molecule has 0 fully saturated rings. The van der Waals surface area contributed by atoms with Gasteiger partial charge in [0.15, 0.2) is 5.78 Å². The molecule has 0 saturated heterocycles. The minimum absolute atomic E-state index is 0.0411. The maximum Gasteiger partial charge on any atom is 0.171 e. The average molecular weight is 435 g/mol. The number of ketones is 1. The number of aromatic nitrogens is 1. The van der Waals surface area contributed by atoms with E-state index in [0.717, 1.165) is 56.8 Å². The van der Waals surface area contributed by atoms with Gasteiger partial charge in [-0.15, -0.1) is 11.3 Å². The van der Waals surface area contributed by atoms with E-state index >= 15 is 0 Å². The molecule has 150 valence electrons. The third-order valence-electron chi connectivity index (χ3n) is 5.64. The second-order valence-corrected chi connectivity index (χ2v) is 8.86. The van der Waals surface area contributed by atoms with E-state index in [1.165, 1.54) is 16.9 Å². The first kappa shape index (κ1) is 19.1. The molecule has 0 radical (unpaired) electrons. The van der Waals surface area contributed by atoms with Crippen LogP contribution >= 0.6 is 22.9 Å². The molecule has 1 aliphatic carbocycles. The first-order valence-electron chi connectivity index (χ1n) is 9.67. The number of anilines is 1. The minimum Gasteiger partial charge on any atom is -0.497 e. The summed E-state index contributed by atoms with van der Waals surface area (Å²) in [6.45, 7) is 1.55. The zero-order valence-electron chi connectivity index (χ0n) is 16.6. The molecular formula is C24H19ClN2O2S. The van der Waals surface area contributed by atoms with Gasteiger partial charge in [-0.1, -0.05) is 23.7 Å². The molecule has 6 heteroatoms. The highest BCUT2D eigenvalue weighted by Crippen LogP contribution is 2.47. The van der Waals surface area contributed by atoms with E-state index in [9.17, 15) is 4.79 Å². The summed E-state index contributed by atoms with van der Waals surface area (Å²) in [5, 5.41) is 1.54. The molecular weight excluding hydrogens is 416 g/mol. The molecule has 2 heterocycles. The number of thiophene rings is 1. The summed E-state index contributed by atoms with van der Waals surface area (Å²) in [4.78, 5) is 18.5. The Morgan fingerprint density at radius 2 is 1.93 bits per heavy atom. The summed E-state index contributed by atoms with van der Waals surface area (Å²) in [5.41, 5.74) is 13.5. The number of Topliss-reactive ketones (excluding diaryl/α,β-unsaturated/α-hetero) is 1. The highest BCUT2D eigenvalue weighted by Gasteiger charge is 2.27. The lowest BCUT2D eigenvalue weighted by Crippen LogP contribution is -2.08. The van der Waals surface area contributed by atoms with Gasteiger partial charge in [-0.25, -0.2) is 4.98 Å². The number of carbonyl (C=O) groups is 1. The molecule has 1 aliphatic rings. The van der Waals surface area contributed by atoms with Crippen LogP contribution in [0.1, 0.15) is 27.7 Å². The first-order valence-corrected chi connectivity index (χ1v) is 10.9. The van der Waals surface area contributed by atoms with Gasteiger partial charge in [0.2, 0.25) is 0 Å². The van der Waals surface area contributed by atoms with E-state index in [4.69, 9.17) is 27.1 Å². The predicted octanol–water partition coefficient (Wildman–Crippen LogP) is 6.18. The Morgan fingerprint density at radius 1 is 1.17 bits per heavy atom.